The Labute approximate surface area is 442 Å². The van der Waals surface area contributed by atoms with E-state index in [9.17, 15) is 19.0 Å². The maximum atomic E-state index is 14.3. The molecule has 14 nitrogen and oxygen atoms in total. The first-order chi connectivity index (χ1) is 31.1. The number of anilines is 3. The van der Waals surface area contributed by atoms with Crippen LogP contribution >= 0.6 is 43.5 Å². The van der Waals surface area contributed by atoms with Gasteiger partial charge >= 0.3 is 0 Å². The summed E-state index contributed by atoms with van der Waals surface area (Å²) in [5.41, 5.74) is 8.96. The Morgan fingerprint density at radius 2 is 1.15 bits per heavy atom. The zero-order valence-electron chi connectivity index (χ0n) is 37.4. The Kier molecular flexibility index (Phi) is 21.4. The number of nitrogens with two attached hydrogens (primary N) is 1. The van der Waals surface area contributed by atoms with E-state index in [1.165, 1.54) is 30.9 Å². The standard InChI is InChI=1S/C23H27BrFN5O2.C17H23ClN4O2.C6H5BrFN.Ac/c1-15-9-18-21(26-14-27-23(18)28-20-4-3-16(24)10-19(20)25)11-22(15)32-13-17(31)12-30-7-5-29(2)6-8-30;1-12-7-14-15(19-11-20-17(14)18)8-16(12)24-10-13(23)9-22-5-3-21(2)4-6-22;7-4-1-2-6(9)5(8)3-4;/h3-4,9-11,14,17,31H,5-8,12-13H2,1-2H3,(H,26,27,28);7-8,11,13,23H,3-6,9-10H2,1-2H3;1-3H,9H2;. The van der Waals surface area contributed by atoms with Crippen LogP contribution in [0.5, 0.6) is 11.5 Å². The number of aromatic nitrogens is 4. The number of aliphatic hydroxyl groups is 2. The minimum atomic E-state index is -0.573. The summed E-state index contributed by atoms with van der Waals surface area (Å²) in [5, 5.41) is 25.7. The average Bonchev–Trinajstić information content (AvgIpc) is 3.27. The molecule has 2 aliphatic rings. The van der Waals surface area contributed by atoms with Crippen LogP contribution in [0.1, 0.15) is 11.1 Å². The van der Waals surface area contributed by atoms with Crippen molar-refractivity contribution < 1.29 is 72.5 Å². The van der Waals surface area contributed by atoms with Crippen molar-refractivity contribution in [3.05, 3.63) is 110 Å². The van der Waals surface area contributed by atoms with Crippen LogP contribution in [0.15, 0.2) is 82.3 Å². The number of aryl methyl sites for hydroxylation is 2. The number of benzene rings is 4. The number of nitrogen functional groups attached to an aromatic ring is 1. The Hall–Kier alpha value is -2.93. The zero-order valence-corrected chi connectivity index (χ0v) is 46.1. The molecule has 20 heteroatoms. The van der Waals surface area contributed by atoms with Gasteiger partial charge in [-0.2, -0.15) is 0 Å². The van der Waals surface area contributed by atoms with Gasteiger partial charge in [-0.05, 0) is 87.6 Å². The van der Waals surface area contributed by atoms with Gasteiger partial charge in [0.25, 0.3) is 0 Å². The second-order valence-electron chi connectivity index (χ2n) is 16.2. The second-order valence-corrected chi connectivity index (χ2v) is 18.4. The quantitative estimate of drug-likeness (QED) is 0.0713. The number of aliphatic hydroxyl groups excluding tert-OH is 2. The Morgan fingerprint density at radius 1 is 0.682 bits per heavy atom. The Balaban J connectivity index is 0.000000211. The van der Waals surface area contributed by atoms with Gasteiger partial charge in [-0.15, -0.1) is 0 Å². The summed E-state index contributed by atoms with van der Waals surface area (Å²) in [6.45, 7) is 13.5. The van der Waals surface area contributed by atoms with E-state index < -0.39 is 12.2 Å². The van der Waals surface area contributed by atoms with Crippen molar-refractivity contribution in [1.29, 1.82) is 0 Å². The second kappa shape index (κ2) is 26.2. The van der Waals surface area contributed by atoms with E-state index in [0.29, 0.717) is 50.0 Å². The Bertz CT molecular complexity index is 2530. The van der Waals surface area contributed by atoms with Crippen LogP contribution in [0, 0.1) is 69.5 Å². The molecule has 4 heterocycles. The molecule has 8 rings (SSSR count). The molecule has 0 aliphatic carbocycles. The van der Waals surface area contributed by atoms with Crippen molar-refractivity contribution >= 4 is 82.5 Å². The molecule has 6 aromatic rings. The molecule has 2 fully saturated rings. The van der Waals surface area contributed by atoms with Crippen molar-refractivity contribution in [3.8, 4) is 11.5 Å². The summed E-state index contributed by atoms with van der Waals surface area (Å²) >= 11 is 12.5. The van der Waals surface area contributed by atoms with Gasteiger partial charge in [0, 0.05) is 141 Å². The van der Waals surface area contributed by atoms with Gasteiger partial charge in [-0.25, -0.2) is 28.7 Å². The third-order valence-electron chi connectivity index (χ3n) is 11.0. The summed E-state index contributed by atoms with van der Waals surface area (Å²) in [7, 11) is 4.23. The Morgan fingerprint density at radius 3 is 1.65 bits per heavy atom. The molecule has 0 bridgehead atoms. The third kappa shape index (κ3) is 16.1. The van der Waals surface area contributed by atoms with Crippen molar-refractivity contribution in [2.45, 2.75) is 26.1 Å². The summed E-state index contributed by atoms with van der Waals surface area (Å²) < 4.78 is 39.8. The van der Waals surface area contributed by atoms with Gasteiger partial charge in [0.05, 0.1) is 22.4 Å². The van der Waals surface area contributed by atoms with Gasteiger partial charge in [0.1, 0.15) is 72.2 Å². The third-order valence-corrected chi connectivity index (χ3v) is 12.2. The molecule has 0 saturated carbocycles. The van der Waals surface area contributed by atoms with Gasteiger partial charge in [-0.3, -0.25) is 9.80 Å². The maximum absolute atomic E-state index is 14.3. The molecular formula is C46H55AcBr2ClF2N10O4. The number of rotatable bonds is 12. The molecule has 2 aliphatic heterocycles. The number of fused-ring (bicyclic) bond motifs is 2. The smallest absolute Gasteiger partial charge is 0.147 e. The fourth-order valence-electron chi connectivity index (χ4n) is 7.12. The molecule has 2 aromatic heterocycles. The van der Waals surface area contributed by atoms with E-state index in [2.05, 4.69) is 90.8 Å². The van der Waals surface area contributed by atoms with Crippen molar-refractivity contribution in [2.75, 3.05) is 104 Å². The normalized spacial score (nSPS) is 15.7. The number of nitrogens with zero attached hydrogens (tertiary/aromatic N) is 8. The number of hydrogen-bond donors (Lipinski definition) is 4. The molecule has 5 N–H and O–H groups in total. The number of nitrogens with one attached hydrogen (secondary N) is 1. The van der Waals surface area contributed by atoms with Gasteiger partial charge < -0.3 is 40.5 Å². The van der Waals surface area contributed by atoms with Gasteiger partial charge in [0.15, 0.2) is 0 Å². The molecule has 351 valence electrons. The minimum Gasteiger partial charge on any atom is -0.490 e. The monoisotopic (exact) mass is 1270 g/mol. The number of hydrogen-bond acceptors (Lipinski definition) is 14. The van der Waals surface area contributed by atoms with Gasteiger partial charge in [0.2, 0.25) is 0 Å². The molecule has 0 amide bonds. The predicted molar refractivity (Wildman–Crippen MR) is 260 cm³/mol. The van der Waals surface area contributed by atoms with E-state index >= 15 is 0 Å². The SMILES string of the molecule is Cc1cc2c(Cl)ncnc2cc1OCC(O)CN1CCN(C)CC1.Cc1cc2c(Nc3ccc(Br)cc3F)ncnc2cc1OCC(O)CN1CCN(C)CC1.Nc1ccc(Br)cc1F.[Ac]. The topological polar surface area (TPSA) is 161 Å². The van der Waals surface area contributed by atoms with Gasteiger partial charge in [-0.1, -0.05) is 43.5 Å². The number of ether oxygens (including phenoxy) is 2. The first kappa shape index (κ1) is 54.0. The number of piperazine rings is 2. The summed E-state index contributed by atoms with van der Waals surface area (Å²) in [6.07, 6.45) is 1.78. The van der Waals surface area contributed by atoms with Crippen LogP contribution in [0.25, 0.3) is 21.8 Å². The van der Waals surface area contributed by atoms with Crippen LogP contribution in [0.3, 0.4) is 0 Å². The predicted octanol–water partition coefficient (Wildman–Crippen LogP) is 7.32. The molecular weight excluding hydrogens is 1220 g/mol. The van der Waals surface area contributed by atoms with E-state index in [0.717, 1.165) is 85.5 Å². The number of halogens is 5. The minimum absolute atomic E-state index is 0. The fourth-order valence-corrected chi connectivity index (χ4v) is 7.98. The van der Waals surface area contributed by atoms with Crippen LogP contribution in [0.2, 0.25) is 5.15 Å². The first-order valence-electron chi connectivity index (χ1n) is 21.1. The molecule has 2 saturated heterocycles. The van der Waals surface area contributed by atoms with Crippen molar-refractivity contribution in [3.63, 3.8) is 0 Å². The first-order valence-corrected chi connectivity index (χ1v) is 23.1. The molecule has 2 unspecified atom stereocenters. The van der Waals surface area contributed by atoms with Crippen LogP contribution in [0.4, 0.5) is 26.0 Å². The number of β-amino-alcohol motifs (C(OH)–C–C–N with tert-alkyl or cyclic N) is 2. The van der Waals surface area contributed by atoms with E-state index in [4.69, 9.17) is 26.8 Å². The molecule has 0 spiro atoms. The molecule has 2 atom stereocenters. The van der Waals surface area contributed by atoms with Crippen LogP contribution in [-0.4, -0.2) is 155 Å². The average molecular weight is 1270 g/mol. The molecule has 66 heavy (non-hydrogen) atoms. The van der Waals surface area contributed by atoms with E-state index in [1.807, 2.05) is 38.1 Å². The number of likely N-dealkylation sites (N-methyl/N-ethyl adjacent to an activating group) is 2. The van der Waals surface area contributed by atoms with Crippen molar-refractivity contribution in [1.82, 2.24) is 39.5 Å². The summed E-state index contributed by atoms with van der Waals surface area (Å²) in [5.74, 6) is 1.13. The van der Waals surface area contributed by atoms with E-state index in [-0.39, 0.29) is 74.6 Å². The summed E-state index contributed by atoms with van der Waals surface area (Å²) in [4.78, 5) is 26.0. The van der Waals surface area contributed by atoms with Crippen LogP contribution in [-0.2, 0) is 0 Å². The maximum Gasteiger partial charge on any atom is 0.147 e. The molecule has 1 radical (unpaired) electrons. The largest absolute Gasteiger partial charge is 0.490 e. The zero-order chi connectivity index (χ0) is 46.6. The summed E-state index contributed by atoms with van der Waals surface area (Å²) in [6, 6.07) is 16.9. The van der Waals surface area contributed by atoms with Crippen molar-refractivity contribution in [2.24, 2.45) is 0 Å². The fraction of sp³-hybridized carbons (Fsp3) is 0.391. The molecule has 4 aromatic carbocycles. The van der Waals surface area contributed by atoms with Crippen LogP contribution < -0.4 is 20.5 Å². The van der Waals surface area contributed by atoms with E-state index in [1.54, 1.807) is 18.2 Å².